The fraction of sp³-hybridized carbons (Fsp3) is 0.406. The van der Waals surface area contributed by atoms with Gasteiger partial charge in [0.1, 0.15) is 5.82 Å². The molecule has 2 aromatic carbocycles. The molecule has 0 spiro atoms. The Morgan fingerprint density at radius 2 is 1.74 bits per heavy atom. The molecule has 0 radical (unpaired) electrons. The number of aromatic amines is 1. The van der Waals surface area contributed by atoms with Crippen molar-refractivity contribution in [3.8, 4) is 22.5 Å². The molecule has 1 saturated heterocycles. The Kier molecular flexibility index (Phi) is 8.84. The number of ether oxygens (including phenoxy) is 1. The van der Waals surface area contributed by atoms with E-state index in [1.54, 1.807) is 0 Å². The van der Waals surface area contributed by atoms with E-state index in [2.05, 4.69) is 28.9 Å². The molecule has 10 heteroatoms. The summed E-state index contributed by atoms with van der Waals surface area (Å²) in [5, 5.41) is 3.86. The molecule has 220 valence electrons. The van der Waals surface area contributed by atoms with Gasteiger partial charge in [0, 0.05) is 42.2 Å². The normalized spacial score (nSPS) is 17.8. The van der Waals surface area contributed by atoms with Crippen molar-refractivity contribution in [3.05, 3.63) is 92.1 Å². The Morgan fingerprint density at radius 3 is 2.36 bits per heavy atom. The summed E-state index contributed by atoms with van der Waals surface area (Å²) in [6.45, 7) is 12.1. The zero-order chi connectivity index (χ0) is 30.0. The standard InChI is InChI=1S/C32H37N5O4S/c1-6-19(2)30-33-22(5)27(15-28(42)36-16-20(3)40-21(4)17-36)31(38)37(30)18-23-11-13-24(14-12-23)25-9-7-8-10-26(25)29-34-32(39)41-35-29/h7-14,19-21H,6,15-18H2,1-5H3,(H,34,35,39). The van der Waals surface area contributed by atoms with Gasteiger partial charge in [0.2, 0.25) is 0 Å². The van der Waals surface area contributed by atoms with Crippen molar-refractivity contribution in [2.75, 3.05) is 13.1 Å². The molecule has 0 amide bonds. The Morgan fingerprint density at radius 1 is 1.07 bits per heavy atom. The topological polar surface area (TPSA) is 106 Å². The van der Waals surface area contributed by atoms with Crippen LogP contribution in [0.2, 0.25) is 0 Å². The first kappa shape index (κ1) is 29.6. The number of thiocarbonyl (C=S) groups is 1. The number of hydrogen-bond donors (Lipinski definition) is 1. The van der Waals surface area contributed by atoms with E-state index in [1.807, 2.05) is 73.9 Å². The zero-order valence-electron chi connectivity index (χ0n) is 24.7. The van der Waals surface area contributed by atoms with Crippen LogP contribution in [-0.4, -0.2) is 54.9 Å². The Bertz CT molecular complexity index is 1680. The van der Waals surface area contributed by atoms with Crippen LogP contribution in [-0.2, 0) is 17.7 Å². The number of nitrogens with zero attached hydrogens (tertiary/aromatic N) is 4. The Labute approximate surface area is 250 Å². The molecule has 1 fully saturated rings. The van der Waals surface area contributed by atoms with Crippen LogP contribution in [0.4, 0.5) is 0 Å². The van der Waals surface area contributed by atoms with Gasteiger partial charge in [-0.3, -0.25) is 18.9 Å². The molecule has 0 aliphatic carbocycles. The molecule has 2 aromatic heterocycles. The van der Waals surface area contributed by atoms with Crippen LogP contribution >= 0.6 is 12.2 Å². The summed E-state index contributed by atoms with van der Waals surface area (Å²) in [7, 11) is 0. The predicted molar refractivity (Wildman–Crippen MR) is 167 cm³/mol. The maximum atomic E-state index is 14.0. The molecular formula is C32H37N5O4S. The maximum absolute atomic E-state index is 14.0. The third kappa shape index (κ3) is 6.29. The lowest BCUT2D eigenvalue weighted by Crippen LogP contribution is -2.48. The van der Waals surface area contributed by atoms with E-state index in [-0.39, 0.29) is 23.7 Å². The number of benzene rings is 2. The lowest BCUT2D eigenvalue weighted by molar-refractivity contribution is -0.0477. The first-order valence-corrected chi connectivity index (χ1v) is 14.8. The van der Waals surface area contributed by atoms with Crippen LogP contribution in [0.15, 0.2) is 62.6 Å². The minimum Gasteiger partial charge on any atom is -0.372 e. The molecule has 3 heterocycles. The zero-order valence-corrected chi connectivity index (χ0v) is 25.5. The second-order valence-electron chi connectivity index (χ2n) is 11.2. The summed E-state index contributed by atoms with van der Waals surface area (Å²) in [4.78, 5) is 36.1. The third-order valence-electron chi connectivity index (χ3n) is 7.88. The largest absolute Gasteiger partial charge is 0.439 e. The van der Waals surface area contributed by atoms with Gasteiger partial charge in [-0.15, -0.1) is 0 Å². The summed E-state index contributed by atoms with van der Waals surface area (Å²) >= 11 is 5.83. The molecular weight excluding hydrogens is 550 g/mol. The van der Waals surface area contributed by atoms with Crippen molar-refractivity contribution in [3.63, 3.8) is 0 Å². The van der Waals surface area contributed by atoms with Crippen molar-refractivity contribution in [2.24, 2.45) is 0 Å². The average Bonchev–Trinajstić information content (AvgIpc) is 3.42. The minimum absolute atomic E-state index is 0.0427. The summed E-state index contributed by atoms with van der Waals surface area (Å²) in [6.07, 6.45) is 1.42. The number of hydrogen-bond acceptors (Lipinski definition) is 7. The van der Waals surface area contributed by atoms with Crippen LogP contribution in [0.1, 0.15) is 62.7 Å². The Balaban J connectivity index is 1.45. The fourth-order valence-corrected chi connectivity index (χ4v) is 5.83. The van der Waals surface area contributed by atoms with Crippen LogP contribution < -0.4 is 11.3 Å². The molecule has 1 aliphatic heterocycles. The van der Waals surface area contributed by atoms with E-state index < -0.39 is 5.76 Å². The van der Waals surface area contributed by atoms with E-state index in [4.69, 9.17) is 26.5 Å². The van der Waals surface area contributed by atoms with Gasteiger partial charge in [0.15, 0.2) is 5.82 Å². The number of H-pyrrole nitrogens is 1. The van der Waals surface area contributed by atoms with E-state index in [0.717, 1.165) is 58.3 Å². The molecule has 42 heavy (non-hydrogen) atoms. The molecule has 4 aromatic rings. The lowest BCUT2D eigenvalue weighted by Gasteiger charge is -2.37. The second-order valence-corrected chi connectivity index (χ2v) is 11.6. The smallest absolute Gasteiger partial charge is 0.372 e. The van der Waals surface area contributed by atoms with E-state index in [9.17, 15) is 9.59 Å². The molecule has 9 nitrogen and oxygen atoms in total. The van der Waals surface area contributed by atoms with Crippen molar-refractivity contribution in [1.29, 1.82) is 0 Å². The fourth-order valence-electron chi connectivity index (χ4n) is 5.54. The average molecular weight is 588 g/mol. The van der Waals surface area contributed by atoms with Gasteiger partial charge in [-0.1, -0.05) is 79.8 Å². The van der Waals surface area contributed by atoms with Gasteiger partial charge < -0.3 is 9.64 Å². The number of morpholine rings is 1. The number of aromatic nitrogens is 4. The summed E-state index contributed by atoms with van der Waals surface area (Å²) in [5.74, 6) is 0.682. The molecule has 5 rings (SSSR count). The summed E-state index contributed by atoms with van der Waals surface area (Å²) < 4.78 is 12.4. The van der Waals surface area contributed by atoms with Gasteiger partial charge in [-0.05, 0) is 43.9 Å². The molecule has 3 unspecified atom stereocenters. The maximum Gasteiger partial charge on any atom is 0.439 e. The highest BCUT2D eigenvalue weighted by molar-refractivity contribution is 7.80. The summed E-state index contributed by atoms with van der Waals surface area (Å²) in [5.41, 5.74) is 4.94. The highest BCUT2D eigenvalue weighted by Crippen LogP contribution is 2.30. The third-order valence-corrected chi connectivity index (χ3v) is 8.28. The van der Waals surface area contributed by atoms with Crippen LogP contribution in [0, 0.1) is 6.92 Å². The molecule has 0 saturated carbocycles. The predicted octanol–water partition coefficient (Wildman–Crippen LogP) is 5.10. The van der Waals surface area contributed by atoms with Crippen molar-refractivity contribution >= 4 is 17.2 Å². The van der Waals surface area contributed by atoms with Crippen LogP contribution in [0.3, 0.4) is 0 Å². The molecule has 1 N–H and O–H groups in total. The lowest BCUT2D eigenvalue weighted by atomic mass is 9.98. The van der Waals surface area contributed by atoms with Crippen molar-refractivity contribution < 1.29 is 9.26 Å². The number of nitrogens with one attached hydrogen (secondary N) is 1. The molecule has 0 bridgehead atoms. The monoisotopic (exact) mass is 587 g/mol. The van der Waals surface area contributed by atoms with Crippen LogP contribution in [0.25, 0.3) is 22.5 Å². The first-order chi connectivity index (χ1) is 20.1. The van der Waals surface area contributed by atoms with Gasteiger partial charge in [-0.25, -0.2) is 9.78 Å². The van der Waals surface area contributed by atoms with Crippen LogP contribution in [0.5, 0.6) is 0 Å². The quantitative estimate of drug-likeness (QED) is 0.284. The van der Waals surface area contributed by atoms with Crippen molar-refractivity contribution in [1.82, 2.24) is 24.6 Å². The van der Waals surface area contributed by atoms with E-state index in [0.29, 0.717) is 24.4 Å². The van der Waals surface area contributed by atoms with E-state index >= 15 is 0 Å². The van der Waals surface area contributed by atoms with Gasteiger partial charge in [0.25, 0.3) is 5.56 Å². The Hall–Kier alpha value is -3.89. The highest BCUT2D eigenvalue weighted by atomic mass is 32.1. The SMILES string of the molecule is CCC(C)c1nc(C)c(CC(=S)N2CC(C)OC(C)C2)c(=O)n1Cc1ccc(-c2ccccc2-c2noc(=O)[nH]2)cc1. The minimum atomic E-state index is -0.599. The van der Waals surface area contributed by atoms with Gasteiger partial charge in [0.05, 0.1) is 23.7 Å². The van der Waals surface area contributed by atoms with Gasteiger partial charge in [-0.2, -0.15) is 0 Å². The van der Waals surface area contributed by atoms with Gasteiger partial charge >= 0.3 is 5.76 Å². The second kappa shape index (κ2) is 12.5. The summed E-state index contributed by atoms with van der Waals surface area (Å²) in [6, 6.07) is 15.7. The number of aryl methyl sites for hydroxylation is 1. The highest BCUT2D eigenvalue weighted by Gasteiger charge is 2.26. The molecule has 1 aliphatic rings. The molecule has 3 atom stereocenters. The van der Waals surface area contributed by atoms with Crippen molar-refractivity contribution in [2.45, 2.75) is 72.1 Å². The number of rotatable bonds is 8. The first-order valence-electron chi connectivity index (χ1n) is 14.4. The van der Waals surface area contributed by atoms with E-state index in [1.165, 1.54) is 0 Å².